The molecule has 18 heavy (non-hydrogen) atoms. The molecule has 1 heterocycles. The fraction of sp³-hybridized carbons (Fsp3) is 0.143. The van der Waals surface area contributed by atoms with Crippen LogP contribution in [0, 0.1) is 5.82 Å². The number of halogens is 1. The summed E-state index contributed by atoms with van der Waals surface area (Å²) in [5, 5.41) is 0. The van der Waals surface area contributed by atoms with Gasteiger partial charge in [0.05, 0.1) is 5.56 Å². The van der Waals surface area contributed by atoms with Crippen LogP contribution in [0.4, 0.5) is 4.39 Å². The van der Waals surface area contributed by atoms with Crippen LogP contribution in [-0.4, -0.2) is 10.8 Å². The number of hydrogen-bond donors (Lipinski definition) is 0. The first-order chi connectivity index (χ1) is 8.66. The highest BCUT2D eigenvalue weighted by Crippen LogP contribution is 2.21. The molecule has 0 radical (unpaired) electrons. The van der Waals surface area contributed by atoms with E-state index in [4.69, 9.17) is 4.74 Å². The van der Waals surface area contributed by atoms with Gasteiger partial charge in [0.25, 0.3) is 0 Å². The van der Waals surface area contributed by atoms with E-state index in [0.717, 1.165) is 5.56 Å². The SMILES string of the molecule is CC(=O)c1ccc(F)cc1OCc1cccnc1. The molecule has 4 heteroatoms. The molecule has 0 unspecified atom stereocenters. The molecule has 0 spiro atoms. The maximum atomic E-state index is 13.1. The van der Waals surface area contributed by atoms with Crippen LogP contribution in [0.1, 0.15) is 22.8 Å². The molecule has 0 atom stereocenters. The van der Waals surface area contributed by atoms with Crippen molar-refractivity contribution < 1.29 is 13.9 Å². The number of rotatable bonds is 4. The van der Waals surface area contributed by atoms with Crippen molar-refractivity contribution in [1.29, 1.82) is 0 Å². The Bertz CT molecular complexity index is 555. The van der Waals surface area contributed by atoms with E-state index in [2.05, 4.69) is 4.98 Å². The van der Waals surface area contributed by atoms with Crippen LogP contribution in [0.15, 0.2) is 42.7 Å². The largest absolute Gasteiger partial charge is 0.488 e. The van der Waals surface area contributed by atoms with Gasteiger partial charge in [0.15, 0.2) is 5.78 Å². The van der Waals surface area contributed by atoms with Crippen molar-refractivity contribution in [3.63, 3.8) is 0 Å². The molecule has 1 aromatic heterocycles. The first-order valence-corrected chi connectivity index (χ1v) is 5.49. The number of hydrogen-bond acceptors (Lipinski definition) is 3. The number of Topliss-reactive ketones (excluding diaryl/α,β-unsaturated/α-hetero) is 1. The maximum Gasteiger partial charge on any atom is 0.163 e. The third kappa shape index (κ3) is 2.91. The molecule has 0 aliphatic carbocycles. The first-order valence-electron chi connectivity index (χ1n) is 5.49. The van der Waals surface area contributed by atoms with E-state index < -0.39 is 5.82 Å². The smallest absolute Gasteiger partial charge is 0.163 e. The predicted molar refractivity (Wildman–Crippen MR) is 65.0 cm³/mol. The summed E-state index contributed by atoms with van der Waals surface area (Å²) < 4.78 is 18.6. The van der Waals surface area contributed by atoms with Crippen LogP contribution >= 0.6 is 0 Å². The average molecular weight is 245 g/mol. The van der Waals surface area contributed by atoms with Gasteiger partial charge in [-0.15, -0.1) is 0 Å². The zero-order chi connectivity index (χ0) is 13.0. The minimum atomic E-state index is -0.429. The van der Waals surface area contributed by atoms with Gasteiger partial charge in [0.1, 0.15) is 18.2 Å². The quantitative estimate of drug-likeness (QED) is 0.777. The van der Waals surface area contributed by atoms with E-state index in [-0.39, 0.29) is 18.1 Å². The molecule has 0 N–H and O–H groups in total. The maximum absolute atomic E-state index is 13.1. The topological polar surface area (TPSA) is 39.2 Å². The normalized spacial score (nSPS) is 10.1. The molecule has 0 saturated carbocycles. The Morgan fingerprint density at radius 3 is 2.89 bits per heavy atom. The zero-order valence-electron chi connectivity index (χ0n) is 9.89. The van der Waals surface area contributed by atoms with E-state index >= 15 is 0 Å². The summed E-state index contributed by atoms with van der Waals surface area (Å²) in [6.45, 7) is 1.67. The first kappa shape index (κ1) is 12.2. The highest BCUT2D eigenvalue weighted by Gasteiger charge is 2.09. The number of carbonyl (C=O) groups is 1. The van der Waals surface area contributed by atoms with Crippen LogP contribution < -0.4 is 4.74 Å². The minimum absolute atomic E-state index is 0.156. The summed E-state index contributed by atoms with van der Waals surface area (Å²) in [6, 6.07) is 7.52. The molecule has 92 valence electrons. The number of pyridine rings is 1. The second kappa shape index (κ2) is 5.40. The molecule has 0 aliphatic heterocycles. The Morgan fingerprint density at radius 2 is 2.22 bits per heavy atom. The number of carbonyl (C=O) groups excluding carboxylic acids is 1. The second-order valence-electron chi connectivity index (χ2n) is 3.85. The van der Waals surface area contributed by atoms with E-state index in [1.54, 1.807) is 18.5 Å². The van der Waals surface area contributed by atoms with Gasteiger partial charge in [-0.2, -0.15) is 0 Å². The van der Waals surface area contributed by atoms with Crippen molar-refractivity contribution in [2.45, 2.75) is 13.5 Å². The zero-order valence-corrected chi connectivity index (χ0v) is 9.89. The monoisotopic (exact) mass is 245 g/mol. The molecule has 2 aromatic rings. The van der Waals surface area contributed by atoms with E-state index in [9.17, 15) is 9.18 Å². The summed E-state index contributed by atoms with van der Waals surface area (Å²) in [4.78, 5) is 15.3. The Morgan fingerprint density at radius 1 is 1.39 bits per heavy atom. The summed E-state index contributed by atoms with van der Waals surface area (Å²) in [5.74, 6) is -0.330. The van der Waals surface area contributed by atoms with Gasteiger partial charge in [-0.3, -0.25) is 9.78 Å². The lowest BCUT2D eigenvalue weighted by molar-refractivity contribution is 0.101. The number of aromatic nitrogens is 1. The van der Waals surface area contributed by atoms with Gasteiger partial charge >= 0.3 is 0 Å². The Hall–Kier alpha value is -2.23. The van der Waals surface area contributed by atoms with Crippen molar-refractivity contribution >= 4 is 5.78 Å². The van der Waals surface area contributed by atoms with E-state index in [1.807, 2.05) is 6.07 Å². The van der Waals surface area contributed by atoms with Crippen LogP contribution in [0.2, 0.25) is 0 Å². The summed E-state index contributed by atoms with van der Waals surface area (Å²) >= 11 is 0. The van der Waals surface area contributed by atoms with Gasteiger partial charge in [0.2, 0.25) is 0 Å². The molecule has 0 saturated heterocycles. The molecule has 0 bridgehead atoms. The summed E-state index contributed by atoms with van der Waals surface area (Å²) in [7, 11) is 0. The van der Waals surface area contributed by atoms with Crippen molar-refractivity contribution in [3.05, 3.63) is 59.7 Å². The standard InChI is InChI=1S/C14H12FNO2/c1-10(17)13-5-4-12(15)7-14(13)18-9-11-3-2-6-16-8-11/h2-8H,9H2,1H3. The molecule has 0 amide bonds. The summed E-state index contributed by atoms with van der Waals surface area (Å²) in [6.07, 6.45) is 3.32. The number of nitrogens with zero attached hydrogens (tertiary/aromatic N) is 1. The number of ketones is 1. The second-order valence-corrected chi connectivity index (χ2v) is 3.85. The van der Waals surface area contributed by atoms with Crippen molar-refractivity contribution in [2.75, 3.05) is 0 Å². The summed E-state index contributed by atoms with van der Waals surface area (Å²) in [5.41, 5.74) is 1.23. The third-order valence-electron chi connectivity index (χ3n) is 2.44. The highest BCUT2D eigenvalue weighted by molar-refractivity contribution is 5.96. The van der Waals surface area contributed by atoms with E-state index in [0.29, 0.717) is 5.56 Å². The minimum Gasteiger partial charge on any atom is -0.488 e. The fourth-order valence-electron chi connectivity index (χ4n) is 1.55. The average Bonchev–Trinajstić information content (AvgIpc) is 2.37. The number of benzene rings is 1. The Labute approximate surface area is 104 Å². The van der Waals surface area contributed by atoms with Crippen LogP contribution in [0.25, 0.3) is 0 Å². The molecular formula is C14H12FNO2. The van der Waals surface area contributed by atoms with Gasteiger partial charge in [0, 0.05) is 24.0 Å². The lowest BCUT2D eigenvalue weighted by atomic mass is 10.1. The number of ether oxygens (including phenoxy) is 1. The van der Waals surface area contributed by atoms with Gasteiger partial charge in [-0.25, -0.2) is 4.39 Å². The molecular weight excluding hydrogens is 233 g/mol. The molecule has 2 rings (SSSR count). The van der Waals surface area contributed by atoms with Crippen LogP contribution in [0.5, 0.6) is 5.75 Å². The Kier molecular flexibility index (Phi) is 3.67. The molecule has 3 nitrogen and oxygen atoms in total. The molecule has 1 aromatic carbocycles. The fourth-order valence-corrected chi connectivity index (χ4v) is 1.55. The van der Waals surface area contributed by atoms with E-state index in [1.165, 1.54) is 25.1 Å². The third-order valence-corrected chi connectivity index (χ3v) is 2.44. The van der Waals surface area contributed by atoms with Gasteiger partial charge in [-0.05, 0) is 25.1 Å². The van der Waals surface area contributed by atoms with Crippen molar-refractivity contribution in [2.24, 2.45) is 0 Å². The Balaban J connectivity index is 2.18. The van der Waals surface area contributed by atoms with Crippen molar-refractivity contribution in [1.82, 2.24) is 4.98 Å². The molecule has 0 fully saturated rings. The van der Waals surface area contributed by atoms with Gasteiger partial charge < -0.3 is 4.74 Å². The highest BCUT2D eigenvalue weighted by atomic mass is 19.1. The van der Waals surface area contributed by atoms with Crippen LogP contribution in [-0.2, 0) is 6.61 Å². The predicted octanol–water partition coefficient (Wildman–Crippen LogP) is 3.00. The van der Waals surface area contributed by atoms with Crippen LogP contribution in [0.3, 0.4) is 0 Å². The van der Waals surface area contributed by atoms with Gasteiger partial charge in [-0.1, -0.05) is 6.07 Å². The lowest BCUT2D eigenvalue weighted by Crippen LogP contribution is -2.02. The van der Waals surface area contributed by atoms with Crippen molar-refractivity contribution in [3.8, 4) is 5.75 Å². The molecule has 0 aliphatic rings. The lowest BCUT2D eigenvalue weighted by Gasteiger charge is -2.09.